The average molecular weight is 464 g/mol. The number of hydrogen-bond donors (Lipinski definition) is 1. The van der Waals surface area contributed by atoms with E-state index in [1.165, 1.54) is 7.11 Å². The molecule has 2 heterocycles. The first-order chi connectivity index (χ1) is 15.4. The first-order valence-electron chi connectivity index (χ1n) is 11.8. The average Bonchev–Trinajstić information content (AvgIpc) is 2.72. The van der Waals surface area contributed by atoms with Gasteiger partial charge in [-0.25, -0.2) is 14.6 Å². The maximum atomic E-state index is 12.4. The van der Waals surface area contributed by atoms with Crippen LogP contribution < -0.4 is 10.1 Å². The van der Waals surface area contributed by atoms with E-state index in [1.807, 2.05) is 38.7 Å². The number of amides is 1. The number of nitrogens with zero attached hydrogens (tertiary/aromatic N) is 2. The minimum Gasteiger partial charge on any atom is -0.477 e. The number of hydrogen-bond acceptors (Lipinski definition) is 7. The molecular formula is C25H41N3O5. The molecule has 1 fully saturated rings. The Kier molecular flexibility index (Phi) is 8.97. The molecule has 0 saturated carbocycles. The smallest absolute Gasteiger partial charge is 0.410 e. The van der Waals surface area contributed by atoms with E-state index in [0.717, 1.165) is 36.9 Å². The van der Waals surface area contributed by atoms with E-state index in [9.17, 15) is 9.59 Å². The van der Waals surface area contributed by atoms with Crippen molar-refractivity contribution < 1.29 is 23.8 Å². The SMILES string of the molecule is CCc1cc(NC(C)(C)C(=O)OC)cnc1OCC[C@@H]1CCN(C(=O)OC(C)(C)C)[C@@H](C)C1. The number of nitrogens with one attached hydrogen (secondary N) is 1. The number of likely N-dealkylation sites (tertiary alicyclic amines) is 1. The van der Waals surface area contributed by atoms with E-state index in [2.05, 4.69) is 17.2 Å². The number of ether oxygens (including phenoxy) is 3. The zero-order valence-corrected chi connectivity index (χ0v) is 21.5. The molecule has 2 rings (SSSR count). The highest BCUT2D eigenvalue weighted by Crippen LogP contribution is 2.28. The summed E-state index contributed by atoms with van der Waals surface area (Å²) in [5.74, 6) is 0.775. The number of carbonyl (C=O) groups is 2. The Morgan fingerprint density at radius 2 is 1.94 bits per heavy atom. The van der Waals surface area contributed by atoms with E-state index in [4.69, 9.17) is 14.2 Å². The number of aromatic nitrogens is 1. The van der Waals surface area contributed by atoms with Crippen molar-refractivity contribution in [1.29, 1.82) is 0 Å². The Morgan fingerprint density at radius 1 is 1.24 bits per heavy atom. The monoisotopic (exact) mass is 463 g/mol. The Bertz CT molecular complexity index is 819. The molecule has 2 atom stereocenters. The standard InChI is InChI=1S/C25H41N3O5/c1-9-19-15-20(27-25(6,7)22(29)31-8)16-26-21(19)32-13-11-18-10-12-28(17(2)14-18)23(30)33-24(3,4)5/h15-18,27H,9-14H2,1-8H3/t17-,18-/m0/s1. The first-order valence-corrected chi connectivity index (χ1v) is 11.8. The zero-order valence-electron chi connectivity index (χ0n) is 21.5. The van der Waals surface area contributed by atoms with E-state index in [1.54, 1.807) is 20.0 Å². The van der Waals surface area contributed by atoms with Crippen LogP contribution in [0.5, 0.6) is 5.88 Å². The van der Waals surface area contributed by atoms with Crippen LogP contribution in [-0.2, 0) is 20.7 Å². The molecule has 1 amide bonds. The van der Waals surface area contributed by atoms with Gasteiger partial charge in [0.15, 0.2) is 0 Å². The van der Waals surface area contributed by atoms with Crippen molar-refractivity contribution in [3.05, 3.63) is 17.8 Å². The van der Waals surface area contributed by atoms with Crippen LogP contribution in [0.1, 0.15) is 73.3 Å². The number of carbonyl (C=O) groups excluding carboxylic acids is 2. The number of esters is 1. The molecule has 8 nitrogen and oxygen atoms in total. The minimum absolute atomic E-state index is 0.145. The molecule has 1 saturated heterocycles. The summed E-state index contributed by atoms with van der Waals surface area (Å²) in [7, 11) is 1.38. The largest absolute Gasteiger partial charge is 0.477 e. The highest BCUT2D eigenvalue weighted by atomic mass is 16.6. The second kappa shape index (κ2) is 11.1. The van der Waals surface area contributed by atoms with Crippen LogP contribution in [0.4, 0.5) is 10.5 Å². The van der Waals surface area contributed by atoms with E-state index < -0.39 is 11.1 Å². The predicted octanol–water partition coefficient (Wildman–Crippen LogP) is 4.81. The Labute approximate surface area is 198 Å². The number of rotatable bonds is 8. The van der Waals surface area contributed by atoms with Gasteiger partial charge >= 0.3 is 12.1 Å². The highest BCUT2D eigenvalue weighted by Gasteiger charge is 2.32. The fourth-order valence-electron chi connectivity index (χ4n) is 4.06. The van der Waals surface area contributed by atoms with Gasteiger partial charge in [0.05, 0.1) is 25.6 Å². The third-order valence-electron chi connectivity index (χ3n) is 5.84. The number of methoxy groups -OCH3 is 1. The van der Waals surface area contributed by atoms with Crippen LogP contribution in [0.15, 0.2) is 12.3 Å². The summed E-state index contributed by atoms with van der Waals surface area (Å²) in [5.41, 5.74) is 0.395. The molecule has 1 N–H and O–H groups in total. The second-order valence-corrected chi connectivity index (χ2v) is 10.3. The Hall–Kier alpha value is -2.51. The fraction of sp³-hybridized carbons (Fsp3) is 0.720. The van der Waals surface area contributed by atoms with Gasteiger partial charge in [0.2, 0.25) is 5.88 Å². The quantitative estimate of drug-likeness (QED) is 0.553. The van der Waals surface area contributed by atoms with Crippen LogP contribution in [0.3, 0.4) is 0 Å². The lowest BCUT2D eigenvalue weighted by molar-refractivity contribution is -0.144. The molecule has 0 spiro atoms. The summed E-state index contributed by atoms with van der Waals surface area (Å²) in [4.78, 5) is 30.7. The Balaban J connectivity index is 1.88. The predicted molar refractivity (Wildman–Crippen MR) is 129 cm³/mol. The third kappa shape index (κ3) is 7.79. The summed E-state index contributed by atoms with van der Waals surface area (Å²) in [6, 6.07) is 2.11. The van der Waals surface area contributed by atoms with Crippen LogP contribution in [-0.4, -0.2) is 59.4 Å². The van der Waals surface area contributed by atoms with Crippen molar-refractivity contribution in [1.82, 2.24) is 9.88 Å². The lowest BCUT2D eigenvalue weighted by Gasteiger charge is -2.38. The molecule has 33 heavy (non-hydrogen) atoms. The fourth-order valence-corrected chi connectivity index (χ4v) is 4.06. The number of anilines is 1. The van der Waals surface area contributed by atoms with Gasteiger partial charge in [0.1, 0.15) is 11.1 Å². The molecule has 1 aromatic heterocycles. The molecule has 1 aliphatic rings. The lowest BCUT2D eigenvalue weighted by atomic mass is 9.89. The molecule has 1 aliphatic heterocycles. The topological polar surface area (TPSA) is 90.0 Å². The molecule has 0 unspecified atom stereocenters. The molecule has 0 bridgehead atoms. The van der Waals surface area contributed by atoms with E-state index in [0.29, 0.717) is 24.9 Å². The van der Waals surface area contributed by atoms with Crippen molar-refractivity contribution in [3.8, 4) is 5.88 Å². The molecular weight excluding hydrogens is 422 g/mol. The van der Waals surface area contributed by atoms with Gasteiger partial charge in [0.25, 0.3) is 0 Å². The second-order valence-electron chi connectivity index (χ2n) is 10.3. The molecule has 186 valence electrons. The minimum atomic E-state index is -0.853. The normalized spacial score (nSPS) is 19.1. The Morgan fingerprint density at radius 3 is 2.52 bits per heavy atom. The van der Waals surface area contributed by atoms with Crippen molar-refractivity contribution in [3.63, 3.8) is 0 Å². The maximum Gasteiger partial charge on any atom is 0.410 e. The molecule has 8 heteroatoms. The van der Waals surface area contributed by atoms with Gasteiger partial charge in [-0.1, -0.05) is 6.92 Å². The maximum absolute atomic E-state index is 12.4. The lowest BCUT2D eigenvalue weighted by Crippen LogP contribution is -2.46. The summed E-state index contributed by atoms with van der Waals surface area (Å²) in [6.07, 6.45) is 4.99. The van der Waals surface area contributed by atoms with Crippen LogP contribution >= 0.6 is 0 Å². The molecule has 0 aromatic carbocycles. The van der Waals surface area contributed by atoms with Gasteiger partial charge in [-0.2, -0.15) is 0 Å². The number of aryl methyl sites for hydroxylation is 1. The van der Waals surface area contributed by atoms with Crippen LogP contribution in [0, 0.1) is 5.92 Å². The van der Waals surface area contributed by atoms with Gasteiger partial charge in [-0.15, -0.1) is 0 Å². The van der Waals surface area contributed by atoms with E-state index >= 15 is 0 Å². The third-order valence-corrected chi connectivity index (χ3v) is 5.84. The highest BCUT2D eigenvalue weighted by molar-refractivity contribution is 5.83. The van der Waals surface area contributed by atoms with Gasteiger partial charge in [0, 0.05) is 18.2 Å². The van der Waals surface area contributed by atoms with Gasteiger partial charge < -0.3 is 24.4 Å². The van der Waals surface area contributed by atoms with Crippen molar-refractivity contribution in [2.24, 2.45) is 5.92 Å². The van der Waals surface area contributed by atoms with Gasteiger partial charge in [-0.05, 0) is 79.2 Å². The van der Waals surface area contributed by atoms with Crippen LogP contribution in [0.25, 0.3) is 0 Å². The molecule has 0 aliphatic carbocycles. The molecule has 1 aromatic rings. The molecule has 0 radical (unpaired) electrons. The van der Waals surface area contributed by atoms with E-state index in [-0.39, 0.29) is 18.1 Å². The van der Waals surface area contributed by atoms with Crippen molar-refractivity contribution in [2.45, 2.75) is 91.3 Å². The number of pyridine rings is 1. The van der Waals surface area contributed by atoms with Gasteiger partial charge in [-0.3, -0.25) is 0 Å². The summed E-state index contributed by atoms with van der Waals surface area (Å²) in [5, 5.41) is 3.18. The van der Waals surface area contributed by atoms with Crippen molar-refractivity contribution >= 4 is 17.7 Å². The number of piperidine rings is 1. The zero-order chi connectivity index (χ0) is 24.8. The summed E-state index contributed by atoms with van der Waals surface area (Å²) in [6.45, 7) is 14.6. The summed E-state index contributed by atoms with van der Waals surface area (Å²) < 4.78 is 16.4. The van der Waals surface area contributed by atoms with Crippen molar-refractivity contribution in [2.75, 3.05) is 25.6 Å². The van der Waals surface area contributed by atoms with Crippen LogP contribution in [0.2, 0.25) is 0 Å². The summed E-state index contributed by atoms with van der Waals surface area (Å²) >= 11 is 0. The first kappa shape index (κ1) is 26.7.